The number of hydrogen-bond donors (Lipinski definition) is 1. The summed E-state index contributed by atoms with van der Waals surface area (Å²) in [5, 5.41) is 0.751. The van der Waals surface area contributed by atoms with Gasteiger partial charge in [0.2, 0.25) is 0 Å². The lowest BCUT2D eigenvalue weighted by molar-refractivity contribution is 0.0956. The molecular weight excluding hydrogens is 198 g/mol. The fourth-order valence-electron chi connectivity index (χ4n) is 1.23. The molecule has 1 aromatic rings. The van der Waals surface area contributed by atoms with Crippen LogP contribution in [-0.2, 0) is 4.74 Å². The summed E-state index contributed by atoms with van der Waals surface area (Å²) in [6.07, 6.45) is -0.00577. The van der Waals surface area contributed by atoms with Crippen molar-refractivity contribution in [3.8, 4) is 0 Å². The molecule has 0 aromatic heterocycles. The van der Waals surface area contributed by atoms with E-state index in [0.29, 0.717) is 0 Å². The van der Waals surface area contributed by atoms with Gasteiger partial charge in [-0.15, -0.1) is 0 Å². The molecule has 0 bridgehead atoms. The van der Waals surface area contributed by atoms with Gasteiger partial charge >= 0.3 is 0 Å². The lowest BCUT2D eigenvalue weighted by atomic mass is 10.0. The van der Waals surface area contributed by atoms with Crippen LogP contribution >= 0.6 is 11.6 Å². The van der Waals surface area contributed by atoms with Gasteiger partial charge in [0.05, 0.1) is 12.1 Å². The standard InChI is InChI=1S/C11H16ClNO/c1-7-4-5-9(6-10(7)12)11(13)8(2)14-3/h4-6,8,11H,13H2,1-3H3. The van der Waals surface area contributed by atoms with Gasteiger partial charge in [0.15, 0.2) is 0 Å². The molecule has 78 valence electrons. The van der Waals surface area contributed by atoms with Crippen LogP contribution in [0.2, 0.25) is 5.02 Å². The number of methoxy groups -OCH3 is 1. The van der Waals surface area contributed by atoms with Crippen molar-refractivity contribution in [1.29, 1.82) is 0 Å². The highest BCUT2D eigenvalue weighted by molar-refractivity contribution is 6.31. The minimum atomic E-state index is -0.127. The molecule has 0 amide bonds. The molecular formula is C11H16ClNO. The summed E-state index contributed by atoms with van der Waals surface area (Å²) in [7, 11) is 1.65. The molecule has 0 saturated heterocycles. The Kier molecular flexibility index (Phi) is 3.93. The van der Waals surface area contributed by atoms with Gasteiger partial charge in [-0.05, 0) is 31.0 Å². The van der Waals surface area contributed by atoms with Crippen molar-refractivity contribution in [2.45, 2.75) is 26.0 Å². The Labute approximate surface area is 90.0 Å². The van der Waals surface area contributed by atoms with Crippen LogP contribution in [0.25, 0.3) is 0 Å². The van der Waals surface area contributed by atoms with E-state index < -0.39 is 0 Å². The Morgan fingerprint density at radius 1 is 1.43 bits per heavy atom. The maximum Gasteiger partial charge on any atom is 0.0735 e. The van der Waals surface area contributed by atoms with Crippen LogP contribution in [0, 0.1) is 6.92 Å². The van der Waals surface area contributed by atoms with Crippen LogP contribution in [0.3, 0.4) is 0 Å². The van der Waals surface area contributed by atoms with Crippen LogP contribution < -0.4 is 5.73 Å². The smallest absolute Gasteiger partial charge is 0.0735 e. The Hall–Kier alpha value is -0.570. The van der Waals surface area contributed by atoms with E-state index in [2.05, 4.69) is 0 Å². The van der Waals surface area contributed by atoms with Crippen molar-refractivity contribution >= 4 is 11.6 Å². The van der Waals surface area contributed by atoms with Crippen LogP contribution in [0.5, 0.6) is 0 Å². The number of hydrogen-bond acceptors (Lipinski definition) is 2. The number of benzene rings is 1. The third kappa shape index (κ3) is 2.47. The van der Waals surface area contributed by atoms with Gasteiger partial charge in [-0.1, -0.05) is 23.7 Å². The molecule has 14 heavy (non-hydrogen) atoms. The first-order chi connectivity index (χ1) is 6.56. The SMILES string of the molecule is COC(C)C(N)c1ccc(C)c(Cl)c1. The fraction of sp³-hybridized carbons (Fsp3) is 0.455. The fourth-order valence-corrected chi connectivity index (χ4v) is 1.42. The second-order valence-corrected chi connectivity index (χ2v) is 3.88. The molecule has 1 aromatic carbocycles. The van der Waals surface area contributed by atoms with Crippen LogP contribution in [-0.4, -0.2) is 13.2 Å². The monoisotopic (exact) mass is 213 g/mol. The maximum atomic E-state index is 6.01. The molecule has 0 saturated carbocycles. The highest BCUT2D eigenvalue weighted by atomic mass is 35.5. The van der Waals surface area contributed by atoms with Gasteiger partial charge in [0.25, 0.3) is 0 Å². The van der Waals surface area contributed by atoms with Crippen LogP contribution in [0.4, 0.5) is 0 Å². The van der Waals surface area contributed by atoms with Gasteiger partial charge in [0, 0.05) is 12.1 Å². The largest absolute Gasteiger partial charge is 0.380 e. The van der Waals surface area contributed by atoms with Crippen molar-refractivity contribution in [2.75, 3.05) is 7.11 Å². The molecule has 2 N–H and O–H groups in total. The summed E-state index contributed by atoms with van der Waals surface area (Å²) in [5.74, 6) is 0. The molecule has 2 unspecified atom stereocenters. The van der Waals surface area contributed by atoms with Crippen molar-refractivity contribution in [3.05, 3.63) is 34.3 Å². The molecule has 0 heterocycles. The van der Waals surface area contributed by atoms with Crippen LogP contribution in [0.1, 0.15) is 24.1 Å². The third-order valence-corrected chi connectivity index (χ3v) is 2.87. The minimum absolute atomic E-state index is 0.00577. The Balaban J connectivity index is 2.91. The minimum Gasteiger partial charge on any atom is -0.380 e. The summed E-state index contributed by atoms with van der Waals surface area (Å²) in [6, 6.07) is 5.73. The Morgan fingerprint density at radius 2 is 2.07 bits per heavy atom. The van der Waals surface area contributed by atoms with E-state index in [0.717, 1.165) is 16.1 Å². The zero-order valence-electron chi connectivity index (χ0n) is 8.75. The van der Waals surface area contributed by atoms with E-state index in [4.69, 9.17) is 22.1 Å². The first kappa shape index (κ1) is 11.5. The molecule has 0 fully saturated rings. The van der Waals surface area contributed by atoms with Gasteiger partial charge < -0.3 is 10.5 Å². The van der Waals surface area contributed by atoms with E-state index in [9.17, 15) is 0 Å². The average molecular weight is 214 g/mol. The zero-order chi connectivity index (χ0) is 10.7. The van der Waals surface area contributed by atoms with E-state index >= 15 is 0 Å². The maximum absolute atomic E-state index is 6.01. The molecule has 0 spiro atoms. The number of rotatable bonds is 3. The molecule has 1 rings (SSSR count). The van der Waals surface area contributed by atoms with Gasteiger partial charge in [0.1, 0.15) is 0 Å². The zero-order valence-corrected chi connectivity index (χ0v) is 9.51. The lowest BCUT2D eigenvalue weighted by Crippen LogP contribution is -2.25. The van der Waals surface area contributed by atoms with Crippen LogP contribution in [0.15, 0.2) is 18.2 Å². The molecule has 0 aliphatic carbocycles. The Bertz CT molecular complexity index is 314. The van der Waals surface area contributed by atoms with E-state index in [1.54, 1.807) is 7.11 Å². The number of nitrogens with two attached hydrogens (primary N) is 1. The summed E-state index contributed by atoms with van der Waals surface area (Å²) in [6.45, 7) is 3.91. The van der Waals surface area contributed by atoms with E-state index in [1.807, 2.05) is 32.0 Å². The van der Waals surface area contributed by atoms with Gasteiger partial charge in [-0.2, -0.15) is 0 Å². The predicted molar refractivity (Wildman–Crippen MR) is 59.6 cm³/mol. The summed E-state index contributed by atoms with van der Waals surface area (Å²) >= 11 is 6.01. The molecule has 0 aliphatic heterocycles. The molecule has 0 radical (unpaired) electrons. The highest BCUT2D eigenvalue weighted by Gasteiger charge is 2.14. The van der Waals surface area contributed by atoms with E-state index in [1.165, 1.54) is 0 Å². The predicted octanol–water partition coefficient (Wildman–Crippen LogP) is 2.68. The third-order valence-electron chi connectivity index (χ3n) is 2.46. The summed E-state index contributed by atoms with van der Waals surface area (Å²) in [4.78, 5) is 0. The quantitative estimate of drug-likeness (QED) is 0.838. The van der Waals surface area contributed by atoms with Crippen molar-refractivity contribution in [2.24, 2.45) is 5.73 Å². The molecule has 3 heteroatoms. The Morgan fingerprint density at radius 3 is 2.57 bits per heavy atom. The number of halogens is 1. The van der Waals surface area contributed by atoms with Crippen molar-refractivity contribution in [3.63, 3.8) is 0 Å². The first-order valence-corrected chi connectivity index (χ1v) is 4.98. The topological polar surface area (TPSA) is 35.2 Å². The van der Waals surface area contributed by atoms with Crippen molar-refractivity contribution < 1.29 is 4.74 Å². The molecule has 0 aliphatic rings. The molecule has 2 atom stereocenters. The van der Waals surface area contributed by atoms with Gasteiger partial charge in [-0.3, -0.25) is 0 Å². The van der Waals surface area contributed by atoms with Crippen molar-refractivity contribution in [1.82, 2.24) is 0 Å². The average Bonchev–Trinajstić information content (AvgIpc) is 2.20. The first-order valence-electron chi connectivity index (χ1n) is 4.60. The highest BCUT2D eigenvalue weighted by Crippen LogP contribution is 2.22. The number of aryl methyl sites for hydroxylation is 1. The van der Waals surface area contributed by atoms with E-state index in [-0.39, 0.29) is 12.1 Å². The second kappa shape index (κ2) is 4.78. The summed E-state index contributed by atoms with van der Waals surface area (Å²) in [5.41, 5.74) is 8.06. The lowest BCUT2D eigenvalue weighted by Gasteiger charge is -2.19. The molecule has 2 nitrogen and oxygen atoms in total. The number of ether oxygens (including phenoxy) is 1. The normalized spacial score (nSPS) is 15.2. The summed E-state index contributed by atoms with van der Waals surface area (Å²) < 4.78 is 5.17. The second-order valence-electron chi connectivity index (χ2n) is 3.48. The van der Waals surface area contributed by atoms with Gasteiger partial charge in [-0.25, -0.2) is 0 Å².